The predicted molar refractivity (Wildman–Crippen MR) is 39.2 cm³/mol. The largest absolute Gasteiger partial charge is 1.00 e. The molecule has 0 radical (unpaired) electrons. The molecule has 0 aromatic heterocycles. The third-order valence-electron chi connectivity index (χ3n) is 1.11. The Hall–Kier alpha value is -1.11. The van der Waals surface area contributed by atoms with Crippen LogP contribution in [-0.2, 0) is 4.79 Å². The first-order valence-electron chi connectivity index (χ1n) is 3.03. The first kappa shape index (κ1) is 15.4. The summed E-state index contributed by atoms with van der Waals surface area (Å²) in [5.41, 5.74) is 0. The first-order valence-corrected chi connectivity index (χ1v) is 3.03. The van der Waals surface area contributed by atoms with Crippen molar-refractivity contribution in [1.29, 1.82) is 0 Å². The molecule has 14 heavy (non-hydrogen) atoms. The van der Waals surface area contributed by atoms with Gasteiger partial charge in [-0.05, 0) is 12.1 Å². The Morgan fingerprint density at radius 3 is 1.43 bits per heavy atom. The molecule has 7 heteroatoms. The maximum absolute atomic E-state index is 8.73. The minimum Gasteiger partial charge on any atom is -0.554 e. The molecule has 0 heterocycles. The van der Waals surface area contributed by atoms with E-state index in [0.29, 0.717) is 0 Å². The predicted octanol–water partition coefficient (Wildman–Crippen LogP) is -4.12. The molecule has 1 rings (SSSR count). The van der Waals surface area contributed by atoms with Gasteiger partial charge in [-0.25, -0.2) is 0 Å². The van der Waals surface area contributed by atoms with Crippen LogP contribution in [0.15, 0.2) is 12.1 Å². The number of hydrogen-bond donors (Lipinski definition) is 4. The van der Waals surface area contributed by atoms with Crippen LogP contribution < -0.4 is 34.7 Å². The molecule has 1 aromatic carbocycles. The van der Waals surface area contributed by atoms with Gasteiger partial charge in [0.15, 0.2) is 11.5 Å². The van der Waals surface area contributed by atoms with Gasteiger partial charge in [-0.1, -0.05) is 0 Å². The molecule has 0 amide bonds. The molecule has 0 spiro atoms. The average Bonchev–Trinajstić information content (AvgIpc) is 2.10. The number of phenols is 4. The Bertz CT molecular complexity index is 273. The molecule has 0 aliphatic heterocycles. The van der Waals surface area contributed by atoms with Gasteiger partial charge in [0.2, 0.25) is 11.5 Å². The summed E-state index contributed by atoms with van der Waals surface area (Å²) in [6.07, 6.45) is 0. The Morgan fingerprint density at radius 2 is 1.21 bits per heavy atom. The van der Waals surface area contributed by atoms with Crippen molar-refractivity contribution in [3.63, 3.8) is 0 Å². The number of carbonyl (C=O) groups is 1. The van der Waals surface area contributed by atoms with Crippen molar-refractivity contribution in [1.82, 2.24) is 0 Å². The van der Waals surface area contributed by atoms with E-state index < -0.39 is 29.5 Å². The zero-order valence-electron chi connectivity index (χ0n) is 7.34. The summed E-state index contributed by atoms with van der Waals surface area (Å²) in [5.74, 6) is -2.34. The number of benzene rings is 1. The maximum Gasteiger partial charge on any atom is 1.00 e. The molecule has 0 fully saturated rings. The number of hydrogen-bond acceptors (Lipinski definition) is 6. The zero-order valence-corrected chi connectivity index (χ0v) is 9.34. The SMILES string of the molecule is O=C[O-].Oc1ccc(O)c(O)c1O.[Na+]. The van der Waals surface area contributed by atoms with E-state index in [0.717, 1.165) is 12.1 Å². The Morgan fingerprint density at radius 1 is 1.00 bits per heavy atom. The number of carboxylic acid groups (broad SMARTS) is 1. The molecular weight excluding hydrogens is 203 g/mol. The average molecular weight is 210 g/mol. The molecule has 0 atom stereocenters. The van der Waals surface area contributed by atoms with Crippen molar-refractivity contribution in [2.45, 2.75) is 0 Å². The fraction of sp³-hybridized carbons (Fsp3) is 0. The summed E-state index contributed by atoms with van der Waals surface area (Å²) in [5, 5.41) is 43.1. The summed E-state index contributed by atoms with van der Waals surface area (Å²) < 4.78 is 0. The van der Waals surface area contributed by atoms with Gasteiger partial charge in [0, 0.05) is 6.47 Å². The van der Waals surface area contributed by atoms with Crippen LogP contribution in [0.25, 0.3) is 0 Å². The molecule has 0 saturated carbocycles. The summed E-state index contributed by atoms with van der Waals surface area (Å²) in [6, 6.07) is 2.15. The quantitative estimate of drug-likeness (QED) is 0.149. The molecular formula is C7H7NaO6. The Kier molecular flexibility index (Phi) is 8.02. The monoisotopic (exact) mass is 210 g/mol. The first-order chi connectivity index (χ1) is 6.04. The number of rotatable bonds is 0. The van der Waals surface area contributed by atoms with E-state index in [-0.39, 0.29) is 29.6 Å². The van der Waals surface area contributed by atoms with E-state index >= 15 is 0 Å². The van der Waals surface area contributed by atoms with Crippen molar-refractivity contribution >= 4 is 6.47 Å². The Balaban J connectivity index is 0. The smallest absolute Gasteiger partial charge is 0.554 e. The van der Waals surface area contributed by atoms with Crippen LogP contribution in [0, 0.1) is 0 Å². The zero-order chi connectivity index (χ0) is 10.4. The van der Waals surface area contributed by atoms with Crippen molar-refractivity contribution in [3.05, 3.63) is 12.1 Å². The normalized spacial score (nSPS) is 7.71. The molecule has 0 saturated heterocycles. The van der Waals surface area contributed by atoms with Crippen molar-refractivity contribution < 1.29 is 59.9 Å². The fourth-order valence-electron chi connectivity index (χ4n) is 0.558. The second kappa shape index (κ2) is 7.31. The van der Waals surface area contributed by atoms with Crippen molar-refractivity contribution in [3.8, 4) is 23.0 Å². The Labute approximate surface area is 101 Å². The number of carbonyl (C=O) groups excluding carboxylic acids is 1. The number of phenolic OH excluding ortho intramolecular Hbond substituents is 4. The summed E-state index contributed by atoms with van der Waals surface area (Å²) in [6.45, 7) is -0.500. The fourth-order valence-corrected chi connectivity index (χ4v) is 0.558. The second-order valence-corrected chi connectivity index (χ2v) is 1.90. The second-order valence-electron chi connectivity index (χ2n) is 1.90. The van der Waals surface area contributed by atoms with Gasteiger partial charge >= 0.3 is 29.6 Å². The van der Waals surface area contributed by atoms with Crippen molar-refractivity contribution in [2.24, 2.45) is 0 Å². The van der Waals surface area contributed by atoms with Crippen LogP contribution in [0.3, 0.4) is 0 Å². The van der Waals surface area contributed by atoms with Crippen molar-refractivity contribution in [2.75, 3.05) is 0 Å². The van der Waals surface area contributed by atoms with E-state index in [1.807, 2.05) is 0 Å². The van der Waals surface area contributed by atoms with Crippen LogP contribution in [0.1, 0.15) is 0 Å². The third-order valence-corrected chi connectivity index (χ3v) is 1.11. The molecule has 72 valence electrons. The molecule has 6 nitrogen and oxygen atoms in total. The van der Waals surface area contributed by atoms with Crippen LogP contribution in [-0.4, -0.2) is 26.9 Å². The molecule has 1 aromatic rings. The van der Waals surface area contributed by atoms with Crippen LogP contribution >= 0.6 is 0 Å². The van der Waals surface area contributed by atoms with Crippen LogP contribution in [0.4, 0.5) is 0 Å². The van der Waals surface area contributed by atoms with E-state index in [2.05, 4.69) is 0 Å². The van der Waals surface area contributed by atoms with Crippen LogP contribution in [0.5, 0.6) is 23.0 Å². The topological polar surface area (TPSA) is 121 Å². The molecule has 0 unspecified atom stereocenters. The number of aromatic hydroxyl groups is 4. The molecule has 4 N–H and O–H groups in total. The summed E-state index contributed by atoms with van der Waals surface area (Å²) in [4.78, 5) is 8.25. The molecule has 0 aliphatic rings. The van der Waals surface area contributed by atoms with Gasteiger partial charge in [0.05, 0.1) is 0 Å². The van der Waals surface area contributed by atoms with Gasteiger partial charge in [-0.2, -0.15) is 0 Å². The third kappa shape index (κ3) is 4.22. The van der Waals surface area contributed by atoms with Gasteiger partial charge in [0.1, 0.15) is 0 Å². The van der Waals surface area contributed by atoms with E-state index in [9.17, 15) is 0 Å². The van der Waals surface area contributed by atoms with E-state index in [4.69, 9.17) is 30.3 Å². The molecule has 0 aliphatic carbocycles. The molecule has 0 bridgehead atoms. The maximum atomic E-state index is 8.73. The van der Waals surface area contributed by atoms with Gasteiger partial charge in [-0.15, -0.1) is 0 Å². The van der Waals surface area contributed by atoms with E-state index in [1.54, 1.807) is 0 Å². The van der Waals surface area contributed by atoms with Crippen LogP contribution in [0.2, 0.25) is 0 Å². The minimum absolute atomic E-state index is 0. The van der Waals surface area contributed by atoms with Gasteiger partial charge in [0.25, 0.3) is 0 Å². The summed E-state index contributed by atoms with van der Waals surface area (Å²) in [7, 11) is 0. The summed E-state index contributed by atoms with van der Waals surface area (Å²) >= 11 is 0. The van der Waals surface area contributed by atoms with Gasteiger partial charge in [-0.3, -0.25) is 0 Å². The standard InChI is InChI=1S/C6H6O4.CH2O2.Na/c7-3-1-2-4(8)6(10)5(3)9;2-1-3;/h1-2,7-10H;1H,(H,2,3);/q;;+1/p-1. The van der Waals surface area contributed by atoms with Gasteiger partial charge < -0.3 is 30.3 Å². The van der Waals surface area contributed by atoms with E-state index in [1.165, 1.54) is 0 Å². The minimum atomic E-state index is -0.708.